The second-order valence-electron chi connectivity index (χ2n) is 3.17. The summed E-state index contributed by atoms with van der Waals surface area (Å²) >= 11 is 0. The molecule has 5 nitrogen and oxygen atoms in total. The van der Waals surface area contributed by atoms with E-state index in [0.29, 0.717) is 0 Å². The Balaban J connectivity index is 2.71. The van der Waals surface area contributed by atoms with Crippen molar-refractivity contribution in [2.75, 3.05) is 6.61 Å². The summed E-state index contributed by atoms with van der Waals surface area (Å²) in [5, 5.41) is 27.7. The lowest BCUT2D eigenvalue weighted by molar-refractivity contribution is -0.140. The summed E-state index contributed by atoms with van der Waals surface area (Å²) in [5.41, 5.74) is 0.206. The second-order valence-corrected chi connectivity index (χ2v) is 3.17. The van der Waals surface area contributed by atoms with Crippen LogP contribution in [0, 0.1) is 0 Å². The number of hydrogen-bond donors (Lipinski definition) is 3. The fraction of sp³-hybridized carbons (Fsp3) is 0.667. The second kappa shape index (κ2) is 4.54. The van der Waals surface area contributed by atoms with E-state index in [0.717, 1.165) is 0 Å². The van der Waals surface area contributed by atoms with Gasteiger partial charge in [-0.05, 0) is 13.0 Å². The van der Waals surface area contributed by atoms with Crippen LogP contribution < -0.4 is 0 Å². The molecule has 0 aliphatic heterocycles. The molecule has 0 spiro atoms. The average molecular weight is 202 g/mol. The molecular formula is C9H14O5. The predicted molar refractivity (Wildman–Crippen MR) is 47.4 cm³/mol. The molecule has 14 heavy (non-hydrogen) atoms. The highest BCUT2D eigenvalue weighted by Crippen LogP contribution is 2.20. The van der Waals surface area contributed by atoms with Crippen LogP contribution in [0.1, 0.15) is 13.3 Å². The normalized spacial score (nSPS) is 32.3. The molecule has 1 rings (SSSR count). The first-order chi connectivity index (χ1) is 6.56. The quantitative estimate of drug-likeness (QED) is 0.498. The Bertz CT molecular complexity index is 248. The van der Waals surface area contributed by atoms with Crippen molar-refractivity contribution in [2.45, 2.75) is 31.7 Å². The van der Waals surface area contributed by atoms with Crippen molar-refractivity contribution in [2.24, 2.45) is 0 Å². The van der Waals surface area contributed by atoms with Crippen molar-refractivity contribution in [3.05, 3.63) is 11.6 Å². The molecule has 0 aromatic carbocycles. The molecule has 3 N–H and O–H groups in total. The average Bonchev–Trinajstić information content (AvgIpc) is 2.13. The molecule has 0 amide bonds. The van der Waals surface area contributed by atoms with Crippen LogP contribution in [0.15, 0.2) is 11.6 Å². The van der Waals surface area contributed by atoms with Crippen LogP contribution in [0.4, 0.5) is 0 Å². The molecule has 80 valence electrons. The van der Waals surface area contributed by atoms with Crippen molar-refractivity contribution in [3.8, 4) is 0 Å². The maximum atomic E-state index is 11.2. The molecule has 0 fully saturated rings. The molecule has 3 atom stereocenters. The lowest BCUT2D eigenvalue weighted by Gasteiger charge is -2.26. The summed E-state index contributed by atoms with van der Waals surface area (Å²) in [6, 6.07) is 0. The Hall–Kier alpha value is -0.910. The van der Waals surface area contributed by atoms with Gasteiger partial charge in [-0.25, -0.2) is 4.79 Å². The molecule has 0 saturated heterocycles. The minimum absolute atomic E-state index is 0.0110. The Morgan fingerprint density at radius 2 is 2.21 bits per heavy atom. The third-order valence-electron chi connectivity index (χ3n) is 2.08. The first-order valence-corrected chi connectivity index (χ1v) is 4.48. The van der Waals surface area contributed by atoms with Gasteiger partial charge < -0.3 is 20.1 Å². The third-order valence-corrected chi connectivity index (χ3v) is 2.08. The fourth-order valence-corrected chi connectivity index (χ4v) is 1.32. The lowest BCUT2D eigenvalue weighted by atomic mass is 9.92. The first-order valence-electron chi connectivity index (χ1n) is 4.48. The zero-order valence-electron chi connectivity index (χ0n) is 7.88. The predicted octanol–water partition coefficient (Wildman–Crippen LogP) is -1.04. The van der Waals surface area contributed by atoms with Crippen LogP contribution in [0.25, 0.3) is 0 Å². The number of aliphatic hydroxyl groups excluding tert-OH is 3. The van der Waals surface area contributed by atoms with Gasteiger partial charge in [0.25, 0.3) is 0 Å². The number of aliphatic hydroxyl groups is 3. The van der Waals surface area contributed by atoms with E-state index in [1.54, 1.807) is 6.92 Å². The summed E-state index contributed by atoms with van der Waals surface area (Å²) in [4.78, 5) is 11.2. The minimum Gasteiger partial charge on any atom is -0.463 e. The van der Waals surface area contributed by atoms with Crippen LogP contribution in [0.3, 0.4) is 0 Å². The molecule has 1 aliphatic rings. The van der Waals surface area contributed by atoms with E-state index >= 15 is 0 Å². The van der Waals surface area contributed by atoms with Gasteiger partial charge in [-0.2, -0.15) is 0 Å². The summed E-state index contributed by atoms with van der Waals surface area (Å²) < 4.78 is 4.70. The molecule has 5 heteroatoms. The molecule has 0 saturated carbocycles. The van der Waals surface area contributed by atoms with Gasteiger partial charge in [0.2, 0.25) is 0 Å². The van der Waals surface area contributed by atoms with E-state index in [9.17, 15) is 20.1 Å². The van der Waals surface area contributed by atoms with Crippen LogP contribution in [-0.4, -0.2) is 46.2 Å². The summed E-state index contributed by atoms with van der Waals surface area (Å²) in [6.45, 7) is 1.91. The SMILES string of the molecule is CCOC(=O)C1=C[C@H](O)[C@@H](O)[C@H](O)C1. The maximum absolute atomic E-state index is 11.2. The van der Waals surface area contributed by atoms with Crippen LogP contribution >= 0.6 is 0 Å². The molecule has 0 aromatic heterocycles. The minimum atomic E-state index is -1.23. The van der Waals surface area contributed by atoms with Crippen molar-refractivity contribution in [3.63, 3.8) is 0 Å². The zero-order chi connectivity index (χ0) is 10.7. The number of rotatable bonds is 2. The summed E-state index contributed by atoms with van der Waals surface area (Å²) in [5.74, 6) is -0.558. The topological polar surface area (TPSA) is 87.0 Å². The zero-order valence-corrected chi connectivity index (χ0v) is 7.88. The molecule has 0 heterocycles. The highest BCUT2D eigenvalue weighted by molar-refractivity contribution is 5.88. The number of hydrogen-bond acceptors (Lipinski definition) is 5. The Kier molecular flexibility index (Phi) is 3.62. The van der Waals surface area contributed by atoms with Gasteiger partial charge in [0.15, 0.2) is 0 Å². The van der Waals surface area contributed by atoms with Gasteiger partial charge in [0, 0.05) is 12.0 Å². The first kappa shape index (κ1) is 11.2. The van der Waals surface area contributed by atoms with Gasteiger partial charge in [0.1, 0.15) is 12.2 Å². The Morgan fingerprint density at radius 3 is 2.71 bits per heavy atom. The standard InChI is InChI=1S/C9H14O5/c1-2-14-9(13)5-3-6(10)8(12)7(11)4-5/h3,6-8,10-12H,2,4H2,1H3/t6-,7+,8+/m0/s1. The molecule has 0 aromatic rings. The van der Waals surface area contributed by atoms with E-state index in [4.69, 9.17) is 4.74 Å². The number of carbonyl (C=O) groups excluding carboxylic acids is 1. The van der Waals surface area contributed by atoms with Gasteiger partial charge in [-0.3, -0.25) is 0 Å². The highest BCUT2D eigenvalue weighted by Gasteiger charge is 2.31. The summed E-state index contributed by atoms with van der Waals surface area (Å²) in [7, 11) is 0. The highest BCUT2D eigenvalue weighted by atomic mass is 16.5. The van der Waals surface area contributed by atoms with Gasteiger partial charge in [-0.1, -0.05) is 0 Å². The molecule has 1 aliphatic carbocycles. The van der Waals surface area contributed by atoms with E-state index in [2.05, 4.69) is 0 Å². The molecule has 0 radical (unpaired) electrons. The van der Waals surface area contributed by atoms with Crippen molar-refractivity contribution < 1.29 is 24.9 Å². The molecule has 0 unspecified atom stereocenters. The number of esters is 1. The van der Waals surface area contributed by atoms with Crippen LogP contribution in [-0.2, 0) is 9.53 Å². The van der Waals surface area contributed by atoms with Gasteiger partial charge >= 0.3 is 5.97 Å². The van der Waals surface area contributed by atoms with Crippen LogP contribution in [0.5, 0.6) is 0 Å². The number of ether oxygens (including phenoxy) is 1. The van der Waals surface area contributed by atoms with E-state index in [-0.39, 0.29) is 18.6 Å². The monoisotopic (exact) mass is 202 g/mol. The van der Waals surface area contributed by atoms with E-state index in [1.165, 1.54) is 6.08 Å². The largest absolute Gasteiger partial charge is 0.463 e. The number of carbonyl (C=O) groups is 1. The van der Waals surface area contributed by atoms with Crippen molar-refractivity contribution >= 4 is 5.97 Å². The molecule has 0 bridgehead atoms. The third kappa shape index (κ3) is 2.31. The summed E-state index contributed by atoms with van der Waals surface area (Å²) in [6.07, 6.45) is -2.33. The van der Waals surface area contributed by atoms with Crippen LogP contribution in [0.2, 0.25) is 0 Å². The van der Waals surface area contributed by atoms with E-state index < -0.39 is 24.3 Å². The van der Waals surface area contributed by atoms with Crippen molar-refractivity contribution in [1.29, 1.82) is 0 Å². The van der Waals surface area contributed by atoms with Gasteiger partial charge in [-0.15, -0.1) is 0 Å². The lowest BCUT2D eigenvalue weighted by Crippen LogP contribution is -2.41. The Morgan fingerprint density at radius 1 is 1.57 bits per heavy atom. The van der Waals surface area contributed by atoms with Crippen molar-refractivity contribution in [1.82, 2.24) is 0 Å². The van der Waals surface area contributed by atoms with E-state index in [1.807, 2.05) is 0 Å². The molecular weight excluding hydrogens is 188 g/mol. The smallest absolute Gasteiger partial charge is 0.333 e. The Labute approximate surface area is 81.6 Å². The fourth-order valence-electron chi connectivity index (χ4n) is 1.32. The van der Waals surface area contributed by atoms with Gasteiger partial charge in [0.05, 0.1) is 12.7 Å². The maximum Gasteiger partial charge on any atom is 0.333 e.